The normalized spacial score (nSPS) is 22.7. The molecule has 2 unspecified atom stereocenters. The smallest absolute Gasteiger partial charge is 0.242 e. The first-order valence-electron chi connectivity index (χ1n) is 8.98. The maximum atomic E-state index is 12.5. The Balaban J connectivity index is 0.00000288. The van der Waals surface area contributed by atoms with Crippen LogP contribution in [0.5, 0.6) is 0 Å². The summed E-state index contributed by atoms with van der Waals surface area (Å²) in [5.41, 5.74) is 5.39. The third kappa shape index (κ3) is 4.83. The van der Waals surface area contributed by atoms with Gasteiger partial charge in [-0.3, -0.25) is 14.5 Å². The molecule has 140 valence electrons. The molecule has 0 aromatic heterocycles. The van der Waals surface area contributed by atoms with E-state index in [1.165, 1.54) is 0 Å². The van der Waals surface area contributed by atoms with Gasteiger partial charge in [0.1, 0.15) is 0 Å². The van der Waals surface area contributed by atoms with Crippen LogP contribution < -0.4 is 5.73 Å². The lowest BCUT2D eigenvalue weighted by Gasteiger charge is -2.40. The van der Waals surface area contributed by atoms with E-state index in [1.807, 2.05) is 30.6 Å². The number of amides is 2. The van der Waals surface area contributed by atoms with Crippen LogP contribution in [0, 0.1) is 0 Å². The topological polar surface area (TPSA) is 69.9 Å². The zero-order valence-corrected chi connectivity index (χ0v) is 16.1. The van der Waals surface area contributed by atoms with E-state index >= 15 is 0 Å². The van der Waals surface area contributed by atoms with Crippen molar-refractivity contribution in [3.63, 3.8) is 0 Å². The number of nitrogens with zero attached hydrogens (tertiary/aromatic N) is 3. The number of carbonyl (C=O) groups is 2. The number of rotatable bonds is 5. The van der Waals surface area contributed by atoms with Gasteiger partial charge >= 0.3 is 0 Å². The fourth-order valence-electron chi connectivity index (χ4n) is 3.66. The molecule has 2 aliphatic rings. The molecule has 2 rings (SSSR count). The highest BCUT2D eigenvalue weighted by molar-refractivity contribution is 5.86. The summed E-state index contributed by atoms with van der Waals surface area (Å²) in [6, 6.07) is -0.0924. The average Bonchev–Trinajstić information content (AvgIpc) is 3.07. The Labute approximate surface area is 152 Å². The predicted molar refractivity (Wildman–Crippen MR) is 98.2 cm³/mol. The molecule has 0 aromatic carbocycles. The van der Waals surface area contributed by atoms with Gasteiger partial charge in [0.25, 0.3) is 0 Å². The van der Waals surface area contributed by atoms with Gasteiger partial charge < -0.3 is 15.5 Å². The summed E-state index contributed by atoms with van der Waals surface area (Å²) < 4.78 is 0. The number of hydrogen-bond donors (Lipinski definition) is 1. The number of nitrogens with two attached hydrogens (primary N) is 1. The average molecular weight is 361 g/mol. The van der Waals surface area contributed by atoms with Crippen LogP contribution in [0.3, 0.4) is 0 Å². The lowest BCUT2D eigenvalue weighted by molar-refractivity contribution is -0.140. The molecule has 6 nitrogen and oxygen atoms in total. The maximum Gasteiger partial charge on any atom is 0.242 e. The van der Waals surface area contributed by atoms with Crippen molar-refractivity contribution in [3.05, 3.63) is 0 Å². The summed E-state index contributed by atoms with van der Waals surface area (Å²) in [7, 11) is 0. The van der Waals surface area contributed by atoms with Crippen LogP contribution in [0.1, 0.15) is 46.5 Å². The fourth-order valence-corrected chi connectivity index (χ4v) is 3.66. The van der Waals surface area contributed by atoms with Crippen molar-refractivity contribution in [1.29, 1.82) is 0 Å². The Morgan fingerprint density at radius 1 is 1.04 bits per heavy atom. The SMILES string of the molecule is CCCC(C)(N)C(=O)N1CCN(C(C)C(=O)N2CCCC2)CC1.Cl. The summed E-state index contributed by atoms with van der Waals surface area (Å²) in [5.74, 6) is 0.273. The van der Waals surface area contributed by atoms with Gasteiger partial charge in [-0.25, -0.2) is 0 Å². The summed E-state index contributed by atoms with van der Waals surface area (Å²) in [6.45, 7) is 10.5. The highest BCUT2D eigenvalue weighted by atomic mass is 35.5. The highest BCUT2D eigenvalue weighted by Gasteiger charge is 2.35. The maximum absolute atomic E-state index is 12.5. The zero-order chi connectivity index (χ0) is 17.0. The summed E-state index contributed by atoms with van der Waals surface area (Å²) in [5, 5.41) is 0. The van der Waals surface area contributed by atoms with Crippen LogP contribution in [0.4, 0.5) is 0 Å². The molecule has 2 amide bonds. The highest BCUT2D eigenvalue weighted by Crippen LogP contribution is 2.17. The van der Waals surface area contributed by atoms with Crippen LogP contribution in [0.15, 0.2) is 0 Å². The Morgan fingerprint density at radius 2 is 1.58 bits per heavy atom. The second-order valence-corrected chi connectivity index (χ2v) is 7.20. The van der Waals surface area contributed by atoms with Crippen molar-refractivity contribution in [1.82, 2.24) is 14.7 Å². The minimum absolute atomic E-state index is 0. The van der Waals surface area contributed by atoms with Crippen molar-refractivity contribution in [2.75, 3.05) is 39.3 Å². The summed E-state index contributed by atoms with van der Waals surface area (Å²) in [4.78, 5) is 31.1. The molecule has 2 saturated heterocycles. The van der Waals surface area contributed by atoms with E-state index < -0.39 is 5.54 Å². The van der Waals surface area contributed by atoms with Crippen LogP contribution in [0.25, 0.3) is 0 Å². The molecular weight excluding hydrogens is 328 g/mol. The van der Waals surface area contributed by atoms with Crippen LogP contribution in [0.2, 0.25) is 0 Å². The van der Waals surface area contributed by atoms with Gasteiger partial charge in [-0.1, -0.05) is 13.3 Å². The van der Waals surface area contributed by atoms with E-state index in [0.29, 0.717) is 19.5 Å². The molecule has 2 atom stereocenters. The number of halogens is 1. The van der Waals surface area contributed by atoms with Crippen molar-refractivity contribution in [2.45, 2.75) is 58.0 Å². The van der Waals surface area contributed by atoms with Gasteiger partial charge in [-0.15, -0.1) is 12.4 Å². The van der Waals surface area contributed by atoms with Gasteiger partial charge in [-0.2, -0.15) is 0 Å². The van der Waals surface area contributed by atoms with Gasteiger partial charge in [0.2, 0.25) is 11.8 Å². The minimum Gasteiger partial charge on any atom is -0.341 e. The van der Waals surface area contributed by atoms with E-state index in [0.717, 1.165) is 45.4 Å². The lowest BCUT2D eigenvalue weighted by atomic mass is 9.95. The van der Waals surface area contributed by atoms with Crippen LogP contribution >= 0.6 is 12.4 Å². The van der Waals surface area contributed by atoms with Crippen molar-refractivity contribution < 1.29 is 9.59 Å². The Kier molecular flexibility index (Phi) is 7.96. The largest absolute Gasteiger partial charge is 0.341 e. The quantitative estimate of drug-likeness (QED) is 0.796. The molecule has 2 N–H and O–H groups in total. The first-order chi connectivity index (χ1) is 10.9. The monoisotopic (exact) mass is 360 g/mol. The lowest BCUT2D eigenvalue weighted by Crippen LogP contribution is -2.60. The number of likely N-dealkylation sites (tertiary alicyclic amines) is 1. The van der Waals surface area contributed by atoms with E-state index in [1.54, 1.807) is 0 Å². The Bertz CT molecular complexity index is 430. The molecule has 0 radical (unpaired) electrons. The van der Waals surface area contributed by atoms with Crippen molar-refractivity contribution in [3.8, 4) is 0 Å². The molecule has 2 aliphatic heterocycles. The zero-order valence-electron chi connectivity index (χ0n) is 15.3. The molecular formula is C17H33ClN4O2. The number of carbonyl (C=O) groups excluding carboxylic acids is 2. The van der Waals surface area contributed by atoms with Crippen LogP contribution in [-0.4, -0.2) is 77.4 Å². The minimum atomic E-state index is -0.770. The Morgan fingerprint density at radius 3 is 2.08 bits per heavy atom. The molecule has 0 spiro atoms. The van der Waals surface area contributed by atoms with E-state index in [2.05, 4.69) is 4.90 Å². The summed E-state index contributed by atoms with van der Waals surface area (Å²) >= 11 is 0. The fraction of sp³-hybridized carbons (Fsp3) is 0.882. The molecule has 24 heavy (non-hydrogen) atoms. The molecule has 7 heteroatoms. The third-order valence-electron chi connectivity index (χ3n) is 5.18. The molecule has 0 saturated carbocycles. The second-order valence-electron chi connectivity index (χ2n) is 7.20. The number of hydrogen-bond acceptors (Lipinski definition) is 4. The second kappa shape index (κ2) is 9.02. The van der Waals surface area contributed by atoms with Crippen molar-refractivity contribution in [2.24, 2.45) is 5.73 Å². The van der Waals surface area contributed by atoms with Gasteiger partial charge in [-0.05, 0) is 33.1 Å². The first kappa shape index (κ1) is 21.2. The van der Waals surface area contributed by atoms with E-state index in [9.17, 15) is 9.59 Å². The van der Waals surface area contributed by atoms with Crippen LogP contribution in [-0.2, 0) is 9.59 Å². The molecule has 0 bridgehead atoms. The molecule has 0 aromatic rings. The van der Waals surface area contributed by atoms with Gasteiger partial charge in [0.15, 0.2) is 0 Å². The molecule has 0 aliphatic carbocycles. The van der Waals surface area contributed by atoms with E-state index in [4.69, 9.17) is 5.73 Å². The van der Waals surface area contributed by atoms with Gasteiger partial charge in [0, 0.05) is 39.3 Å². The summed E-state index contributed by atoms with van der Waals surface area (Å²) in [6.07, 6.45) is 3.84. The van der Waals surface area contributed by atoms with Gasteiger partial charge in [0.05, 0.1) is 11.6 Å². The Hall–Kier alpha value is -0.850. The number of piperazine rings is 1. The third-order valence-corrected chi connectivity index (χ3v) is 5.18. The molecule has 2 heterocycles. The van der Waals surface area contributed by atoms with E-state index in [-0.39, 0.29) is 30.3 Å². The molecule has 2 fully saturated rings. The first-order valence-corrected chi connectivity index (χ1v) is 8.98. The van der Waals surface area contributed by atoms with Crippen molar-refractivity contribution >= 4 is 24.2 Å². The standard InChI is InChI=1S/C17H32N4O2.ClH/c1-4-7-17(3,18)16(23)21-12-10-19(11-13-21)14(2)15(22)20-8-5-6-9-20;/h14H,4-13,18H2,1-3H3;1H. The predicted octanol–water partition coefficient (Wildman–Crippen LogP) is 1.08.